The molecule has 0 unspecified atom stereocenters. The largest absolute Gasteiger partial charge is 4.00 e. The first-order valence-corrected chi connectivity index (χ1v) is 39.0. The zero-order valence-electron chi connectivity index (χ0n) is 62.9. The molecule has 0 aromatic heterocycles. The van der Waals surface area contributed by atoms with Gasteiger partial charge in [-0.1, -0.05) is 421 Å². The van der Waals surface area contributed by atoms with Crippen molar-refractivity contribution in [3.63, 3.8) is 0 Å². The molecule has 4 nitrogen and oxygen atoms in total. The molecule has 512 valence electrons. The molecule has 0 aliphatic carbocycles. The van der Waals surface area contributed by atoms with Crippen LogP contribution < -0.4 is 20.4 Å². The van der Waals surface area contributed by atoms with Gasteiger partial charge in [0.15, 0.2) is 0 Å². The second-order valence-electron chi connectivity index (χ2n) is 28.2. The van der Waals surface area contributed by atoms with Gasteiger partial charge in [0.05, 0.1) is 0 Å². The smallest absolute Gasteiger partial charge is 0.849 e. The Hall–Kier alpha value is 0.554. The normalized spacial score (nSPS) is 12.7. The maximum atomic E-state index is 13.9. The summed E-state index contributed by atoms with van der Waals surface area (Å²) in [5.41, 5.74) is -2.55. The summed E-state index contributed by atoms with van der Waals surface area (Å²) in [6, 6.07) is 0. The molecular formula is C80H164O4Ti. The van der Waals surface area contributed by atoms with Crippen molar-refractivity contribution in [1.82, 2.24) is 0 Å². The van der Waals surface area contributed by atoms with Gasteiger partial charge >= 0.3 is 21.7 Å². The summed E-state index contributed by atoms with van der Waals surface area (Å²) in [6.07, 6.45) is 58.2. The summed E-state index contributed by atoms with van der Waals surface area (Å²) >= 11 is 0. The molecule has 0 heterocycles. The van der Waals surface area contributed by atoms with E-state index in [0.717, 1.165) is 231 Å². The van der Waals surface area contributed by atoms with E-state index in [9.17, 15) is 20.4 Å². The molecule has 0 amide bonds. The monoisotopic (exact) mass is 1240 g/mol. The molecule has 0 saturated heterocycles. The van der Waals surface area contributed by atoms with Crippen LogP contribution in [0, 0.1) is 21.7 Å². The van der Waals surface area contributed by atoms with E-state index in [1.807, 2.05) is 0 Å². The van der Waals surface area contributed by atoms with Crippen LogP contribution in [0.3, 0.4) is 0 Å². The van der Waals surface area contributed by atoms with Crippen molar-refractivity contribution in [2.45, 2.75) is 495 Å². The fourth-order valence-corrected chi connectivity index (χ4v) is 15.5. The van der Waals surface area contributed by atoms with E-state index in [4.69, 9.17) is 0 Å². The minimum Gasteiger partial charge on any atom is -0.849 e. The van der Waals surface area contributed by atoms with Gasteiger partial charge in [0.25, 0.3) is 0 Å². The van der Waals surface area contributed by atoms with Gasteiger partial charge in [0, 0.05) is 0 Å². The van der Waals surface area contributed by atoms with E-state index in [0.29, 0.717) is 0 Å². The first-order chi connectivity index (χ1) is 40.2. The van der Waals surface area contributed by atoms with Crippen LogP contribution >= 0.6 is 0 Å². The van der Waals surface area contributed by atoms with Crippen molar-refractivity contribution in [3.05, 3.63) is 0 Å². The molecule has 0 fully saturated rings. The SMILES string of the molecule is CCCCC([O-])(CCCC)C(CC)(CCCC)CCCC.CCCCC([O-])(CCCC)C(CC)(CCCC)CCCC.CCCCC([O-])(CCCC)C(CC)(CCCC)CCCC.CCCCC([O-])(CCCC)C(CC)(CCCC)CCCC.[Ti+4]. The molecule has 0 radical (unpaired) electrons. The van der Waals surface area contributed by atoms with Crippen molar-refractivity contribution in [1.29, 1.82) is 0 Å². The maximum absolute atomic E-state index is 13.9. The van der Waals surface area contributed by atoms with E-state index >= 15 is 0 Å². The third-order valence-electron chi connectivity index (χ3n) is 22.1. The van der Waals surface area contributed by atoms with E-state index in [1.54, 1.807) is 0 Å². The number of unbranched alkanes of at least 4 members (excludes halogenated alkanes) is 16. The molecular weight excluding hydrogens is 1070 g/mol. The standard InChI is InChI=1S/4C20H41O.Ti/c4*1-6-11-15-19(10-5,16-12-7-2)20(21,17-13-8-3)18-14-9-4;/h4*6-18H2,1-5H3;/q4*-1;+4. The van der Waals surface area contributed by atoms with E-state index in [-0.39, 0.29) is 43.4 Å². The van der Waals surface area contributed by atoms with Crippen LogP contribution in [0.25, 0.3) is 0 Å². The molecule has 0 aromatic carbocycles. The molecule has 0 N–H and O–H groups in total. The van der Waals surface area contributed by atoms with Crippen LogP contribution in [0.2, 0.25) is 0 Å². The zero-order chi connectivity index (χ0) is 64.8. The molecule has 0 aliphatic heterocycles. The summed E-state index contributed by atoms with van der Waals surface area (Å²) < 4.78 is 0. The summed E-state index contributed by atoms with van der Waals surface area (Å²) in [5, 5.41) is 55.5. The van der Waals surface area contributed by atoms with Crippen molar-refractivity contribution in [3.8, 4) is 0 Å². The Kier molecular flexibility index (Phi) is 64.7. The number of rotatable bonds is 56. The van der Waals surface area contributed by atoms with Gasteiger partial charge < -0.3 is 20.4 Å². The van der Waals surface area contributed by atoms with Crippen LogP contribution in [0.4, 0.5) is 0 Å². The van der Waals surface area contributed by atoms with Gasteiger partial charge in [-0.2, -0.15) is 0 Å². The molecule has 0 atom stereocenters. The fraction of sp³-hybridized carbons (Fsp3) is 1.00. The molecule has 85 heavy (non-hydrogen) atoms. The quantitative estimate of drug-likeness (QED) is 0.0567. The molecule has 0 aliphatic rings. The summed E-state index contributed by atoms with van der Waals surface area (Å²) in [5.74, 6) is 0. The van der Waals surface area contributed by atoms with Crippen molar-refractivity contribution >= 4 is 0 Å². The Morgan fingerprint density at radius 3 is 0.306 bits per heavy atom. The summed E-state index contributed by atoms with van der Waals surface area (Å²) in [4.78, 5) is 0. The minimum absolute atomic E-state index is 0. The average Bonchev–Trinajstić information content (AvgIpc) is 2.90. The second kappa shape index (κ2) is 58.4. The fourth-order valence-electron chi connectivity index (χ4n) is 15.5. The van der Waals surface area contributed by atoms with Crippen molar-refractivity contribution < 1.29 is 42.1 Å². The van der Waals surface area contributed by atoms with Crippen LogP contribution in [-0.2, 0) is 21.7 Å². The molecule has 0 aromatic rings. The third kappa shape index (κ3) is 34.9. The van der Waals surface area contributed by atoms with Crippen LogP contribution in [0.1, 0.15) is 472 Å². The van der Waals surface area contributed by atoms with Gasteiger partial charge in [-0.15, -0.1) is 22.4 Å². The van der Waals surface area contributed by atoms with Gasteiger partial charge in [-0.25, -0.2) is 0 Å². The Bertz CT molecular complexity index is 1080. The molecule has 0 rings (SSSR count). The van der Waals surface area contributed by atoms with Gasteiger partial charge in [0.2, 0.25) is 0 Å². The summed E-state index contributed by atoms with van der Waals surface area (Å²) in [7, 11) is 0. The second-order valence-corrected chi connectivity index (χ2v) is 28.2. The van der Waals surface area contributed by atoms with Crippen LogP contribution in [-0.4, -0.2) is 22.4 Å². The Morgan fingerprint density at radius 1 is 0.153 bits per heavy atom. The minimum atomic E-state index is -0.682. The number of hydrogen-bond donors (Lipinski definition) is 0. The van der Waals surface area contributed by atoms with Crippen LogP contribution in [0.5, 0.6) is 0 Å². The third-order valence-corrected chi connectivity index (χ3v) is 22.1. The molecule has 0 saturated carbocycles. The van der Waals surface area contributed by atoms with Gasteiger partial charge in [-0.3, -0.25) is 0 Å². The maximum Gasteiger partial charge on any atom is 4.00 e. The van der Waals surface area contributed by atoms with E-state index in [2.05, 4.69) is 138 Å². The average molecular weight is 1240 g/mol. The predicted octanol–water partition coefficient (Wildman–Crippen LogP) is 25.0. The van der Waals surface area contributed by atoms with Crippen molar-refractivity contribution in [2.75, 3.05) is 0 Å². The Morgan fingerprint density at radius 2 is 0.235 bits per heavy atom. The van der Waals surface area contributed by atoms with Crippen molar-refractivity contribution in [2.24, 2.45) is 21.7 Å². The zero-order valence-corrected chi connectivity index (χ0v) is 64.5. The first kappa shape index (κ1) is 94.3. The summed E-state index contributed by atoms with van der Waals surface area (Å²) in [6.45, 7) is 44.8. The topological polar surface area (TPSA) is 92.2 Å². The van der Waals surface area contributed by atoms with E-state index < -0.39 is 22.4 Å². The predicted molar refractivity (Wildman–Crippen MR) is 374 cm³/mol. The Balaban J connectivity index is -0.000000333. The first-order valence-electron chi connectivity index (χ1n) is 39.0. The van der Waals surface area contributed by atoms with Crippen LogP contribution in [0.15, 0.2) is 0 Å². The van der Waals surface area contributed by atoms with Gasteiger partial charge in [0.1, 0.15) is 0 Å². The van der Waals surface area contributed by atoms with Gasteiger partial charge in [-0.05, 0) is 73.0 Å². The molecule has 0 bridgehead atoms. The number of hydrogen-bond acceptors (Lipinski definition) is 4. The van der Waals surface area contributed by atoms with E-state index in [1.165, 1.54) is 103 Å². The Labute approximate surface area is 555 Å². The molecule has 5 heteroatoms. The molecule has 0 spiro atoms.